The molecule has 1 aromatic heterocycles. The monoisotopic (exact) mass is 468 g/mol. The second-order valence-corrected chi connectivity index (χ2v) is 8.70. The van der Waals surface area contributed by atoms with Crippen LogP contribution in [-0.2, 0) is 9.53 Å². The number of ether oxygens (including phenoxy) is 1. The summed E-state index contributed by atoms with van der Waals surface area (Å²) in [6, 6.07) is 7.99. The molecule has 4 rings (SSSR count). The van der Waals surface area contributed by atoms with Gasteiger partial charge >= 0.3 is 0 Å². The second-order valence-electron chi connectivity index (χ2n) is 8.70. The lowest BCUT2D eigenvalue weighted by atomic mass is 9.93. The summed E-state index contributed by atoms with van der Waals surface area (Å²) in [5.74, 6) is 0.361. The van der Waals surface area contributed by atoms with Crippen molar-refractivity contribution in [2.45, 2.75) is 19.4 Å². The minimum Gasteiger partial charge on any atom is -0.482 e. The molecule has 2 aromatic rings. The van der Waals surface area contributed by atoms with Gasteiger partial charge in [0.05, 0.1) is 18.8 Å². The number of carbonyl (C=O) groups is 1. The Hall–Kier alpha value is -3.27. The summed E-state index contributed by atoms with van der Waals surface area (Å²) in [5.41, 5.74) is 2.38. The van der Waals surface area contributed by atoms with Crippen LogP contribution in [0.1, 0.15) is 25.0 Å². The number of aromatic nitrogens is 1. The minimum atomic E-state index is -0.704. The van der Waals surface area contributed by atoms with Crippen molar-refractivity contribution in [2.75, 3.05) is 50.0 Å². The van der Waals surface area contributed by atoms with Crippen LogP contribution < -0.4 is 10.6 Å². The van der Waals surface area contributed by atoms with Crippen LogP contribution in [0.25, 0.3) is 11.1 Å². The van der Waals surface area contributed by atoms with Crippen molar-refractivity contribution < 1.29 is 24.1 Å². The molecule has 4 N–H and O–H groups in total. The van der Waals surface area contributed by atoms with Crippen LogP contribution in [0.2, 0.25) is 0 Å². The van der Waals surface area contributed by atoms with Gasteiger partial charge in [-0.25, -0.2) is 9.37 Å². The van der Waals surface area contributed by atoms with Crippen LogP contribution >= 0.6 is 0 Å². The molecule has 2 aliphatic rings. The highest BCUT2D eigenvalue weighted by Crippen LogP contribution is 2.44. The zero-order chi connectivity index (χ0) is 24.3. The smallest absolute Gasteiger partial charge is 0.260 e. The first-order chi connectivity index (χ1) is 16.3. The zero-order valence-electron chi connectivity index (χ0n) is 19.3. The van der Waals surface area contributed by atoms with E-state index < -0.39 is 11.4 Å². The molecule has 34 heavy (non-hydrogen) atoms. The topological polar surface area (TPSA) is 107 Å². The Morgan fingerprint density at radius 2 is 1.91 bits per heavy atom. The molecule has 0 aliphatic carbocycles. The fourth-order valence-corrected chi connectivity index (χ4v) is 4.22. The van der Waals surface area contributed by atoms with Gasteiger partial charge in [0.1, 0.15) is 23.0 Å². The van der Waals surface area contributed by atoms with Crippen molar-refractivity contribution in [3.05, 3.63) is 65.3 Å². The number of fused-ring (bicyclic) bond motifs is 1. The Kier molecular flexibility index (Phi) is 6.97. The number of allylic oxidation sites excluding steroid dienone is 1. The number of anilines is 2. The first-order valence-electron chi connectivity index (χ1n) is 11.2. The number of pyridine rings is 1. The van der Waals surface area contributed by atoms with Crippen molar-refractivity contribution in [1.82, 2.24) is 9.88 Å². The molecule has 2 aliphatic heterocycles. The van der Waals surface area contributed by atoms with Crippen molar-refractivity contribution in [3.63, 3.8) is 0 Å². The van der Waals surface area contributed by atoms with Gasteiger partial charge < -0.3 is 25.6 Å². The van der Waals surface area contributed by atoms with Gasteiger partial charge in [-0.05, 0) is 50.3 Å². The average molecular weight is 469 g/mol. The SMILES string of the molecule is CC1(C)O/C(=C2/C(=O)Nc3ccc(F)cc32)C=C1c1ccc(NCCN(CCO)CCO)nc1. The van der Waals surface area contributed by atoms with E-state index in [1.807, 2.05) is 37.0 Å². The lowest BCUT2D eigenvalue weighted by molar-refractivity contribution is -0.111. The summed E-state index contributed by atoms with van der Waals surface area (Å²) in [5, 5.41) is 24.2. The zero-order valence-corrected chi connectivity index (χ0v) is 19.3. The highest BCUT2D eigenvalue weighted by atomic mass is 19.1. The average Bonchev–Trinajstić information content (AvgIpc) is 3.28. The van der Waals surface area contributed by atoms with E-state index in [1.54, 1.807) is 12.3 Å². The molecule has 0 unspecified atom stereocenters. The number of benzene rings is 1. The summed E-state index contributed by atoms with van der Waals surface area (Å²) >= 11 is 0. The summed E-state index contributed by atoms with van der Waals surface area (Å²) in [6.07, 6.45) is 3.56. The van der Waals surface area contributed by atoms with Crippen LogP contribution in [-0.4, -0.2) is 71.0 Å². The standard InChI is InChI=1S/C25H29FN4O4/c1-25(2)19(14-21(34-25)23-18-13-17(26)4-5-20(18)29-24(23)33)16-3-6-22(28-15-16)27-7-8-30(9-11-31)10-12-32/h3-6,13-15,31-32H,7-12H2,1-2H3,(H,27,28)(H,29,33)/b23-21+. The van der Waals surface area contributed by atoms with E-state index in [9.17, 15) is 9.18 Å². The maximum absolute atomic E-state index is 13.8. The van der Waals surface area contributed by atoms with Crippen molar-refractivity contribution in [1.29, 1.82) is 0 Å². The first kappa shape index (κ1) is 23.9. The van der Waals surface area contributed by atoms with Crippen LogP contribution in [0.5, 0.6) is 0 Å². The van der Waals surface area contributed by atoms with E-state index in [4.69, 9.17) is 14.9 Å². The Bertz CT molecular complexity index is 1120. The molecule has 1 aromatic carbocycles. The number of aliphatic hydroxyl groups is 2. The molecule has 1 amide bonds. The summed E-state index contributed by atoms with van der Waals surface area (Å²) in [6.45, 7) is 6.20. The number of amides is 1. The van der Waals surface area contributed by atoms with Gasteiger partial charge in [0.2, 0.25) is 0 Å². The van der Waals surface area contributed by atoms with E-state index in [0.29, 0.717) is 54.6 Å². The van der Waals surface area contributed by atoms with Crippen LogP contribution in [0, 0.1) is 5.82 Å². The van der Waals surface area contributed by atoms with Gasteiger partial charge in [-0.1, -0.05) is 0 Å². The Labute approximate surface area is 197 Å². The van der Waals surface area contributed by atoms with Crippen LogP contribution in [0.15, 0.2) is 48.4 Å². The van der Waals surface area contributed by atoms with E-state index in [-0.39, 0.29) is 19.1 Å². The molecular weight excluding hydrogens is 439 g/mol. The van der Waals surface area contributed by atoms with E-state index in [0.717, 1.165) is 11.1 Å². The number of hydrogen-bond acceptors (Lipinski definition) is 7. The lowest BCUT2D eigenvalue weighted by Crippen LogP contribution is -2.34. The highest BCUT2D eigenvalue weighted by molar-refractivity contribution is 6.32. The Balaban J connectivity index is 1.52. The van der Waals surface area contributed by atoms with Crippen molar-refractivity contribution in [3.8, 4) is 0 Å². The summed E-state index contributed by atoms with van der Waals surface area (Å²) < 4.78 is 20.0. The number of nitrogens with zero attached hydrogens (tertiary/aromatic N) is 2. The largest absolute Gasteiger partial charge is 0.482 e. The molecule has 0 atom stereocenters. The normalized spacial score (nSPS) is 18.5. The summed E-state index contributed by atoms with van der Waals surface area (Å²) in [7, 11) is 0. The molecule has 0 saturated carbocycles. The molecule has 0 bridgehead atoms. The van der Waals surface area contributed by atoms with Gasteiger partial charge in [-0.3, -0.25) is 9.69 Å². The fourth-order valence-electron chi connectivity index (χ4n) is 4.22. The lowest BCUT2D eigenvalue weighted by Gasteiger charge is -2.23. The predicted octanol–water partition coefficient (Wildman–Crippen LogP) is 2.47. The minimum absolute atomic E-state index is 0.0419. The van der Waals surface area contributed by atoms with Crippen molar-refractivity contribution in [2.24, 2.45) is 0 Å². The number of hydrogen-bond donors (Lipinski definition) is 4. The number of nitrogens with one attached hydrogen (secondary N) is 2. The van der Waals surface area contributed by atoms with Crippen LogP contribution in [0.4, 0.5) is 15.9 Å². The van der Waals surface area contributed by atoms with Gasteiger partial charge in [-0.2, -0.15) is 0 Å². The predicted molar refractivity (Wildman–Crippen MR) is 128 cm³/mol. The third kappa shape index (κ3) is 4.96. The van der Waals surface area contributed by atoms with E-state index >= 15 is 0 Å². The molecule has 8 nitrogen and oxygen atoms in total. The summed E-state index contributed by atoms with van der Waals surface area (Å²) in [4.78, 5) is 19.1. The van der Waals surface area contributed by atoms with Crippen LogP contribution in [0.3, 0.4) is 0 Å². The molecule has 0 radical (unpaired) electrons. The molecule has 0 saturated heterocycles. The fraction of sp³-hybridized carbons (Fsp3) is 0.360. The highest BCUT2D eigenvalue weighted by Gasteiger charge is 2.38. The van der Waals surface area contributed by atoms with Gasteiger partial charge in [0.15, 0.2) is 0 Å². The second kappa shape index (κ2) is 9.92. The Morgan fingerprint density at radius 3 is 2.59 bits per heavy atom. The first-order valence-corrected chi connectivity index (χ1v) is 11.2. The number of rotatable bonds is 9. The number of aliphatic hydroxyl groups excluding tert-OH is 2. The van der Waals surface area contributed by atoms with E-state index in [1.165, 1.54) is 12.1 Å². The Morgan fingerprint density at radius 1 is 1.15 bits per heavy atom. The quantitative estimate of drug-likeness (QED) is 0.419. The molecule has 9 heteroatoms. The number of carbonyl (C=O) groups excluding carboxylic acids is 1. The molecule has 0 fully saturated rings. The third-order valence-electron chi connectivity index (χ3n) is 5.90. The molecule has 0 spiro atoms. The van der Waals surface area contributed by atoms with Gasteiger partial charge in [0, 0.05) is 54.8 Å². The third-order valence-corrected chi connectivity index (χ3v) is 5.90. The van der Waals surface area contributed by atoms with Gasteiger partial charge in [-0.15, -0.1) is 0 Å². The molecule has 180 valence electrons. The van der Waals surface area contributed by atoms with Gasteiger partial charge in [0.25, 0.3) is 5.91 Å². The molecule has 3 heterocycles. The maximum atomic E-state index is 13.8. The van der Waals surface area contributed by atoms with E-state index in [2.05, 4.69) is 15.6 Å². The maximum Gasteiger partial charge on any atom is 0.260 e. The van der Waals surface area contributed by atoms with Crippen molar-refractivity contribution >= 4 is 28.6 Å². The molecular formula is C25H29FN4O4. The number of halogens is 1.